The number of carbonyl (C=O) groups excluding carboxylic acids is 2. The fourth-order valence-electron chi connectivity index (χ4n) is 2.55. The molecule has 1 atom stereocenters. The standard InChI is InChI=1S/C19H17N3O6S/c1-11-9-12(22(26)27)4-6-14(11)21-19(25)18(24)20-10-13-5-7-16(29-13)17(23)15-3-2-8-28-15/h2-9,17,23H,10H2,1H3,(H,20,24)(H,21,25). The van der Waals surface area contributed by atoms with Crippen molar-refractivity contribution < 1.29 is 24.0 Å². The third-order valence-corrected chi connectivity index (χ3v) is 5.20. The Morgan fingerprint density at radius 2 is 2.03 bits per heavy atom. The van der Waals surface area contributed by atoms with E-state index in [1.54, 1.807) is 31.2 Å². The third kappa shape index (κ3) is 4.86. The van der Waals surface area contributed by atoms with E-state index >= 15 is 0 Å². The van der Waals surface area contributed by atoms with Crippen molar-refractivity contribution in [3.63, 3.8) is 0 Å². The number of nitrogens with zero attached hydrogens (tertiary/aromatic N) is 1. The van der Waals surface area contributed by atoms with Gasteiger partial charge in [0.2, 0.25) is 0 Å². The van der Waals surface area contributed by atoms with Gasteiger partial charge in [-0.2, -0.15) is 0 Å². The Morgan fingerprint density at radius 3 is 2.69 bits per heavy atom. The molecule has 0 spiro atoms. The van der Waals surface area contributed by atoms with Crippen LogP contribution < -0.4 is 10.6 Å². The summed E-state index contributed by atoms with van der Waals surface area (Å²) in [7, 11) is 0. The quantitative estimate of drug-likeness (QED) is 0.322. The molecule has 0 aliphatic rings. The summed E-state index contributed by atoms with van der Waals surface area (Å²) in [4.78, 5) is 35.7. The van der Waals surface area contributed by atoms with Crippen molar-refractivity contribution in [1.29, 1.82) is 0 Å². The summed E-state index contributed by atoms with van der Waals surface area (Å²) in [5.41, 5.74) is 0.682. The average Bonchev–Trinajstić information content (AvgIpc) is 3.39. The summed E-state index contributed by atoms with van der Waals surface area (Å²) in [6.45, 7) is 1.71. The van der Waals surface area contributed by atoms with Crippen molar-refractivity contribution in [3.05, 3.63) is 79.9 Å². The van der Waals surface area contributed by atoms with Crippen LogP contribution in [0, 0.1) is 17.0 Å². The summed E-state index contributed by atoms with van der Waals surface area (Å²) >= 11 is 1.28. The van der Waals surface area contributed by atoms with Crippen LogP contribution in [0.25, 0.3) is 0 Å². The van der Waals surface area contributed by atoms with Crippen molar-refractivity contribution in [2.24, 2.45) is 0 Å². The van der Waals surface area contributed by atoms with Gasteiger partial charge < -0.3 is 20.2 Å². The number of amides is 2. The van der Waals surface area contributed by atoms with Crippen LogP contribution in [0.2, 0.25) is 0 Å². The van der Waals surface area contributed by atoms with E-state index in [2.05, 4.69) is 10.6 Å². The molecule has 2 heterocycles. The van der Waals surface area contributed by atoms with Gasteiger partial charge in [-0.05, 0) is 42.8 Å². The topological polar surface area (TPSA) is 135 Å². The Balaban J connectivity index is 1.56. The number of nitro benzene ring substituents is 1. The first-order chi connectivity index (χ1) is 13.8. The monoisotopic (exact) mass is 415 g/mol. The molecule has 3 N–H and O–H groups in total. The molecule has 0 saturated heterocycles. The summed E-state index contributed by atoms with van der Waals surface area (Å²) in [5, 5.41) is 25.9. The molecule has 0 saturated carbocycles. The zero-order valence-electron chi connectivity index (χ0n) is 15.2. The first-order valence-corrected chi connectivity index (χ1v) is 9.31. The molecule has 2 amide bonds. The van der Waals surface area contributed by atoms with Crippen LogP contribution in [0.1, 0.15) is 27.2 Å². The lowest BCUT2D eigenvalue weighted by molar-refractivity contribution is -0.384. The maximum absolute atomic E-state index is 12.1. The Kier molecular flexibility index (Phi) is 6.05. The highest BCUT2D eigenvalue weighted by Gasteiger charge is 2.18. The predicted molar refractivity (Wildman–Crippen MR) is 105 cm³/mol. The molecule has 3 aromatic rings. The van der Waals surface area contributed by atoms with Gasteiger partial charge in [-0.25, -0.2) is 0 Å². The maximum Gasteiger partial charge on any atom is 0.313 e. The summed E-state index contributed by atoms with van der Waals surface area (Å²) in [5.74, 6) is -1.31. The maximum atomic E-state index is 12.1. The number of hydrogen-bond donors (Lipinski definition) is 3. The number of rotatable bonds is 6. The Bertz CT molecular complexity index is 1040. The second kappa shape index (κ2) is 8.67. The largest absolute Gasteiger partial charge is 0.466 e. The van der Waals surface area contributed by atoms with Gasteiger partial charge in [0.05, 0.1) is 17.7 Å². The molecule has 9 nitrogen and oxygen atoms in total. The highest BCUT2D eigenvalue weighted by Crippen LogP contribution is 2.28. The molecule has 0 aliphatic carbocycles. The molecule has 3 rings (SSSR count). The number of aliphatic hydroxyl groups excluding tert-OH is 1. The number of aliphatic hydroxyl groups is 1. The number of thiophene rings is 1. The smallest absolute Gasteiger partial charge is 0.313 e. The van der Waals surface area contributed by atoms with Crippen molar-refractivity contribution in [2.75, 3.05) is 5.32 Å². The van der Waals surface area contributed by atoms with Crippen LogP contribution in [0.15, 0.2) is 53.1 Å². The molecule has 29 heavy (non-hydrogen) atoms. The van der Waals surface area contributed by atoms with Gasteiger partial charge in [0.25, 0.3) is 5.69 Å². The molecule has 10 heteroatoms. The molecule has 2 aromatic heterocycles. The van der Waals surface area contributed by atoms with Crippen molar-refractivity contribution in [3.8, 4) is 0 Å². The molecule has 0 fully saturated rings. The van der Waals surface area contributed by atoms with Gasteiger partial charge in [0, 0.05) is 27.6 Å². The number of anilines is 1. The zero-order valence-corrected chi connectivity index (χ0v) is 16.1. The van der Waals surface area contributed by atoms with Gasteiger partial charge in [-0.15, -0.1) is 11.3 Å². The number of carbonyl (C=O) groups is 2. The zero-order chi connectivity index (χ0) is 21.0. The highest BCUT2D eigenvalue weighted by molar-refractivity contribution is 7.12. The number of hydrogen-bond acceptors (Lipinski definition) is 7. The minimum Gasteiger partial charge on any atom is -0.466 e. The van der Waals surface area contributed by atoms with E-state index in [4.69, 9.17) is 4.42 Å². The Hall–Kier alpha value is -3.50. The number of furan rings is 1. The lowest BCUT2D eigenvalue weighted by atomic mass is 10.2. The van der Waals surface area contributed by atoms with E-state index in [1.807, 2.05) is 0 Å². The Morgan fingerprint density at radius 1 is 1.24 bits per heavy atom. The van der Waals surface area contributed by atoms with Crippen LogP contribution in [0.3, 0.4) is 0 Å². The molecule has 0 aliphatic heterocycles. The number of benzene rings is 1. The Labute approximate surface area is 169 Å². The summed E-state index contributed by atoms with van der Waals surface area (Å²) < 4.78 is 5.17. The molecule has 0 radical (unpaired) electrons. The SMILES string of the molecule is Cc1cc([N+](=O)[O-])ccc1NC(=O)C(=O)NCc1ccc(C(O)c2ccco2)s1. The van der Waals surface area contributed by atoms with Gasteiger partial charge in [-0.1, -0.05) is 0 Å². The number of nitrogens with one attached hydrogen (secondary N) is 2. The fraction of sp³-hybridized carbons (Fsp3) is 0.158. The molecular weight excluding hydrogens is 398 g/mol. The molecular formula is C19H17N3O6S. The molecule has 0 bridgehead atoms. The lowest BCUT2D eigenvalue weighted by Gasteiger charge is -2.08. The first kappa shape index (κ1) is 20.2. The minimum atomic E-state index is -0.895. The summed E-state index contributed by atoms with van der Waals surface area (Å²) in [6.07, 6.45) is 0.575. The number of nitro groups is 1. The second-order valence-corrected chi connectivity index (χ2v) is 7.32. The van der Waals surface area contributed by atoms with Gasteiger partial charge >= 0.3 is 11.8 Å². The van der Waals surface area contributed by atoms with Crippen LogP contribution in [0.5, 0.6) is 0 Å². The van der Waals surface area contributed by atoms with Gasteiger partial charge in [0.1, 0.15) is 11.9 Å². The average molecular weight is 415 g/mol. The fourth-order valence-corrected chi connectivity index (χ4v) is 3.50. The van der Waals surface area contributed by atoms with E-state index in [0.717, 1.165) is 4.88 Å². The minimum absolute atomic E-state index is 0.102. The summed E-state index contributed by atoms with van der Waals surface area (Å²) in [6, 6.07) is 10.7. The van der Waals surface area contributed by atoms with Crippen molar-refractivity contribution >= 4 is 34.5 Å². The molecule has 1 unspecified atom stereocenters. The normalized spacial score (nSPS) is 11.7. The van der Waals surface area contributed by atoms with E-state index in [1.165, 1.54) is 35.8 Å². The van der Waals surface area contributed by atoms with Crippen molar-refractivity contribution in [2.45, 2.75) is 19.6 Å². The van der Waals surface area contributed by atoms with Gasteiger partial charge in [0.15, 0.2) is 0 Å². The number of non-ortho nitro benzene ring substituents is 1. The van der Waals surface area contributed by atoms with E-state index in [-0.39, 0.29) is 12.2 Å². The lowest BCUT2D eigenvalue weighted by Crippen LogP contribution is -2.34. The highest BCUT2D eigenvalue weighted by atomic mass is 32.1. The first-order valence-electron chi connectivity index (χ1n) is 8.49. The predicted octanol–water partition coefficient (Wildman–Crippen LogP) is 2.89. The van der Waals surface area contributed by atoms with Crippen LogP contribution in [-0.2, 0) is 16.1 Å². The van der Waals surface area contributed by atoms with E-state index in [9.17, 15) is 24.8 Å². The second-order valence-electron chi connectivity index (χ2n) is 6.12. The number of aryl methyl sites for hydroxylation is 1. The van der Waals surface area contributed by atoms with Gasteiger partial charge in [-0.3, -0.25) is 19.7 Å². The van der Waals surface area contributed by atoms with E-state index in [0.29, 0.717) is 21.9 Å². The van der Waals surface area contributed by atoms with E-state index < -0.39 is 22.8 Å². The van der Waals surface area contributed by atoms with Crippen molar-refractivity contribution in [1.82, 2.24) is 5.32 Å². The molecule has 1 aromatic carbocycles. The van der Waals surface area contributed by atoms with Crippen LogP contribution >= 0.6 is 11.3 Å². The molecule has 150 valence electrons. The van der Waals surface area contributed by atoms with Crippen LogP contribution in [-0.4, -0.2) is 21.8 Å². The third-order valence-electron chi connectivity index (χ3n) is 4.06. The van der Waals surface area contributed by atoms with Crippen LogP contribution in [0.4, 0.5) is 11.4 Å².